The Bertz CT molecular complexity index is 545. The number of halogens is 2. The normalized spacial score (nSPS) is 19.4. The molecule has 0 aliphatic heterocycles. The average molecular weight is 406 g/mol. The van der Waals surface area contributed by atoms with Crippen LogP contribution in [0.15, 0.2) is 43.8 Å². The summed E-state index contributed by atoms with van der Waals surface area (Å²) in [7, 11) is 0. The van der Waals surface area contributed by atoms with Crippen LogP contribution in [0.2, 0.25) is 13.1 Å². The Kier molecular flexibility index (Phi) is 8.02. The Morgan fingerprint density at radius 2 is 1.75 bits per heavy atom. The van der Waals surface area contributed by atoms with Crippen molar-refractivity contribution in [3.8, 4) is 0 Å². The number of rotatable bonds is 2. The predicted molar refractivity (Wildman–Crippen MR) is 78.5 cm³/mol. The van der Waals surface area contributed by atoms with Gasteiger partial charge in [-0.1, -0.05) is 0 Å². The average Bonchev–Trinajstić information content (AvgIpc) is 2.83. The maximum absolute atomic E-state index is 2.50. The summed E-state index contributed by atoms with van der Waals surface area (Å²) in [4.78, 5) is 0. The molecule has 2 aliphatic carbocycles. The third-order valence-corrected chi connectivity index (χ3v) is 12.6. The quantitative estimate of drug-likeness (QED) is 0.509. The molecular formula is C16H23Cl2SiZr. The number of hydrogen-bond donors (Lipinski definition) is 0. The van der Waals surface area contributed by atoms with Crippen molar-refractivity contribution >= 4 is 5.43 Å². The minimum Gasteiger partial charge on any atom is -1.00 e. The maximum Gasteiger partial charge on any atom is -1.00 e. The van der Waals surface area contributed by atoms with E-state index in [4.69, 9.17) is 0 Å². The van der Waals surface area contributed by atoms with Gasteiger partial charge in [0.15, 0.2) is 0 Å². The smallest absolute Gasteiger partial charge is 1.00 e. The molecule has 0 nitrogen and oxygen atoms in total. The first kappa shape index (κ1) is 20.6. The van der Waals surface area contributed by atoms with Gasteiger partial charge in [0.05, 0.1) is 0 Å². The molecule has 4 heteroatoms. The van der Waals surface area contributed by atoms with Crippen LogP contribution in [0, 0.1) is 5.41 Å². The van der Waals surface area contributed by atoms with E-state index in [1.165, 1.54) is 0 Å². The fourth-order valence-corrected chi connectivity index (χ4v) is 12.0. The van der Waals surface area contributed by atoms with Crippen LogP contribution < -0.4 is 24.8 Å². The van der Waals surface area contributed by atoms with Crippen molar-refractivity contribution in [2.24, 2.45) is 5.41 Å². The summed E-state index contributed by atoms with van der Waals surface area (Å²) in [6.45, 7) is 14.6. The summed E-state index contributed by atoms with van der Waals surface area (Å²) in [6, 6.07) is 0. The molecule has 20 heavy (non-hydrogen) atoms. The summed E-state index contributed by atoms with van der Waals surface area (Å²) < 4.78 is 1.87. The van der Waals surface area contributed by atoms with E-state index in [1.54, 1.807) is 22.3 Å². The molecule has 109 valence electrons. The molecule has 0 radical (unpaired) electrons. The molecule has 0 N–H and O–H groups in total. The van der Waals surface area contributed by atoms with Crippen molar-refractivity contribution in [3.05, 3.63) is 43.8 Å². The standard InChI is InChI=1S/C14H17.C2H6Si.2ClH.Zr/c1-10-11(2)14(3,4)9-13(10)12-7-5-6-8-12;1-3-2;;;/h5-7H,8H2,1-4H3;1-2H3;2*1H;/q;;;;+2/p-2. The first-order chi connectivity index (χ1) is 8.35. The van der Waals surface area contributed by atoms with Crippen LogP contribution in [0.5, 0.6) is 0 Å². The van der Waals surface area contributed by atoms with Gasteiger partial charge in [-0.05, 0) is 0 Å². The summed E-state index contributed by atoms with van der Waals surface area (Å²) >= 11 is -0.363. The Morgan fingerprint density at radius 3 is 2.20 bits per heavy atom. The first-order valence-corrected chi connectivity index (χ1v) is 14.1. The van der Waals surface area contributed by atoms with Gasteiger partial charge >= 0.3 is 124 Å². The number of allylic oxidation sites excluding steroid dienone is 8. The van der Waals surface area contributed by atoms with Gasteiger partial charge in [0.2, 0.25) is 0 Å². The zero-order valence-corrected chi connectivity index (χ0v) is 18.2. The predicted octanol–water partition coefficient (Wildman–Crippen LogP) is -1.16. The van der Waals surface area contributed by atoms with Crippen LogP contribution in [0.3, 0.4) is 0 Å². The second-order valence-electron chi connectivity index (χ2n) is 6.07. The summed E-state index contributed by atoms with van der Waals surface area (Å²) in [5.41, 5.74) is 6.73. The van der Waals surface area contributed by atoms with E-state index in [9.17, 15) is 0 Å². The van der Waals surface area contributed by atoms with E-state index < -0.39 is 0 Å². The van der Waals surface area contributed by atoms with Crippen molar-refractivity contribution in [3.63, 3.8) is 0 Å². The van der Waals surface area contributed by atoms with E-state index in [-0.39, 0.29) is 52.1 Å². The van der Waals surface area contributed by atoms with E-state index in [0.29, 0.717) is 5.41 Å². The minimum atomic E-state index is -0.363. The van der Waals surface area contributed by atoms with E-state index in [1.807, 2.05) is 3.28 Å². The Morgan fingerprint density at radius 1 is 1.15 bits per heavy atom. The molecule has 0 aromatic heterocycles. The SMILES string of the molecule is CC1=C(C)C(C)(C)[C]([Zr+2]=[Si](C)C)=C1C1=CC=CC1.[Cl-].[Cl-]. The molecule has 2 aliphatic rings. The second kappa shape index (κ2) is 7.77. The molecular weight excluding hydrogens is 382 g/mol. The molecule has 0 heterocycles. The van der Waals surface area contributed by atoms with Gasteiger partial charge in [-0.2, -0.15) is 0 Å². The van der Waals surface area contributed by atoms with Crippen molar-refractivity contribution in [1.29, 1.82) is 0 Å². The van der Waals surface area contributed by atoms with Crippen LogP contribution in [-0.4, -0.2) is 5.43 Å². The largest absolute Gasteiger partial charge is 1.00 e. The van der Waals surface area contributed by atoms with E-state index in [2.05, 4.69) is 59.0 Å². The molecule has 2 rings (SSSR count). The fraction of sp³-hybridized carbons (Fsp3) is 0.500. The molecule has 0 atom stereocenters. The van der Waals surface area contributed by atoms with E-state index in [0.717, 1.165) is 6.42 Å². The van der Waals surface area contributed by atoms with Crippen molar-refractivity contribution in [2.75, 3.05) is 0 Å². The molecule has 0 saturated heterocycles. The van der Waals surface area contributed by atoms with Crippen LogP contribution in [0.25, 0.3) is 0 Å². The monoisotopic (exact) mass is 403 g/mol. The van der Waals surface area contributed by atoms with Crippen molar-refractivity contribution < 1.29 is 46.7 Å². The van der Waals surface area contributed by atoms with Gasteiger partial charge in [0.25, 0.3) is 0 Å². The van der Waals surface area contributed by atoms with Gasteiger partial charge in [0.1, 0.15) is 0 Å². The van der Waals surface area contributed by atoms with Gasteiger partial charge in [-0.15, -0.1) is 0 Å². The van der Waals surface area contributed by atoms with Crippen LogP contribution >= 0.6 is 0 Å². The van der Waals surface area contributed by atoms with Crippen molar-refractivity contribution in [1.82, 2.24) is 0 Å². The van der Waals surface area contributed by atoms with Gasteiger partial charge in [0, 0.05) is 0 Å². The topological polar surface area (TPSA) is 0 Å². The van der Waals surface area contributed by atoms with Crippen LogP contribution in [0.1, 0.15) is 34.1 Å². The summed E-state index contributed by atoms with van der Waals surface area (Å²) in [5, 5.41) is 0. The minimum absolute atomic E-state index is 0. The summed E-state index contributed by atoms with van der Waals surface area (Å²) in [6.07, 6.45) is 8.00. The zero-order valence-electron chi connectivity index (χ0n) is 13.2. The molecule has 0 spiro atoms. The second-order valence-corrected chi connectivity index (χ2v) is 18.8. The molecule has 0 amide bonds. The molecule has 0 unspecified atom stereocenters. The van der Waals surface area contributed by atoms with Crippen LogP contribution in [-0.2, 0) is 21.9 Å². The molecule has 0 aromatic carbocycles. The van der Waals surface area contributed by atoms with Gasteiger partial charge in [-0.3, -0.25) is 0 Å². The Labute approximate surface area is 147 Å². The fourth-order valence-electron chi connectivity index (χ4n) is 2.85. The molecule has 0 bridgehead atoms. The molecule has 0 fully saturated rings. The number of hydrogen-bond acceptors (Lipinski definition) is 0. The van der Waals surface area contributed by atoms with Gasteiger partial charge in [-0.25, -0.2) is 0 Å². The maximum atomic E-state index is 2.50. The molecule has 0 saturated carbocycles. The van der Waals surface area contributed by atoms with Crippen molar-refractivity contribution in [2.45, 2.75) is 47.2 Å². The Balaban J connectivity index is 0.00000180. The third-order valence-electron chi connectivity index (χ3n) is 4.22. The van der Waals surface area contributed by atoms with Gasteiger partial charge < -0.3 is 24.8 Å². The molecule has 0 aromatic rings. The summed E-state index contributed by atoms with van der Waals surface area (Å²) in [5.74, 6) is 0. The first-order valence-electron chi connectivity index (χ1n) is 6.72. The zero-order chi connectivity index (χ0) is 13.5. The third kappa shape index (κ3) is 3.69. The van der Waals surface area contributed by atoms with E-state index >= 15 is 0 Å². The van der Waals surface area contributed by atoms with Crippen LogP contribution in [0.4, 0.5) is 0 Å². The Hall–Kier alpha value is 0.640.